The summed E-state index contributed by atoms with van der Waals surface area (Å²) in [5, 5.41) is 0. The lowest BCUT2D eigenvalue weighted by Crippen LogP contribution is -2.29. The van der Waals surface area contributed by atoms with Gasteiger partial charge in [0.2, 0.25) is 11.6 Å². The van der Waals surface area contributed by atoms with Gasteiger partial charge in [-0.2, -0.15) is 0 Å². The number of benzene rings is 1. The smallest absolute Gasteiger partial charge is 0.227 e. The second-order valence-electron chi connectivity index (χ2n) is 7.00. The SMILES string of the molecule is Bc1ccc(CF)cc1.O=C1C=C(N2CC2)C(=O)C(N2CC2)=C1N1CC1. The number of alkyl halides is 1. The van der Waals surface area contributed by atoms with E-state index < -0.39 is 0 Å². The normalized spacial score (nSPS) is 20.7. The molecule has 1 aliphatic carbocycles. The van der Waals surface area contributed by atoms with Gasteiger partial charge in [0, 0.05) is 45.3 Å². The highest BCUT2D eigenvalue weighted by atomic mass is 19.1. The van der Waals surface area contributed by atoms with Crippen LogP contribution in [-0.2, 0) is 16.3 Å². The summed E-state index contributed by atoms with van der Waals surface area (Å²) in [6, 6.07) is 7.43. The number of halogens is 1. The molecule has 0 saturated carbocycles. The van der Waals surface area contributed by atoms with Crippen LogP contribution in [0, 0.1) is 0 Å². The Balaban J connectivity index is 0.000000160. The number of nitrogens with zero attached hydrogens (tertiary/aromatic N) is 3. The Labute approximate surface area is 153 Å². The van der Waals surface area contributed by atoms with E-state index in [1.807, 2.05) is 34.7 Å². The summed E-state index contributed by atoms with van der Waals surface area (Å²) in [5.41, 5.74) is 3.81. The van der Waals surface area contributed by atoms with Gasteiger partial charge in [0.15, 0.2) is 0 Å². The maximum Gasteiger partial charge on any atom is 0.227 e. The highest BCUT2D eigenvalue weighted by Gasteiger charge is 2.43. The van der Waals surface area contributed by atoms with Crippen LogP contribution in [0.5, 0.6) is 0 Å². The molecule has 1 aromatic rings. The molecule has 7 heteroatoms. The van der Waals surface area contributed by atoms with Gasteiger partial charge in [-0.3, -0.25) is 9.59 Å². The maximum absolute atomic E-state index is 12.4. The molecular weight excluding hydrogens is 332 g/mol. The van der Waals surface area contributed by atoms with Crippen LogP contribution in [0.4, 0.5) is 4.39 Å². The van der Waals surface area contributed by atoms with Gasteiger partial charge in [-0.15, -0.1) is 0 Å². The molecule has 0 N–H and O–H groups in total. The molecule has 0 radical (unpaired) electrons. The van der Waals surface area contributed by atoms with Crippen LogP contribution in [0.3, 0.4) is 0 Å². The first-order chi connectivity index (χ1) is 12.6. The topological polar surface area (TPSA) is 43.2 Å². The quantitative estimate of drug-likeness (QED) is 0.419. The van der Waals surface area contributed by atoms with Crippen LogP contribution in [0.15, 0.2) is 47.4 Å². The number of allylic oxidation sites excluding steroid dienone is 1. The van der Waals surface area contributed by atoms with E-state index in [-0.39, 0.29) is 18.2 Å². The highest BCUT2D eigenvalue weighted by molar-refractivity contribution is 6.32. The molecule has 0 unspecified atom stereocenters. The molecule has 3 heterocycles. The molecule has 3 fully saturated rings. The first kappa shape index (κ1) is 16.9. The van der Waals surface area contributed by atoms with Gasteiger partial charge in [-0.1, -0.05) is 29.7 Å². The van der Waals surface area contributed by atoms with Crippen molar-refractivity contribution < 1.29 is 14.0 Å². The molecule has 0 bridgehead atoms. The lowest BCUT2D eigenvalue weighted by Gasteiger charge is -2.21. The number of ketones is 2. The van der Waals surface area contributed by atoms with Crippen LogP contribution >= 0.6 is 0 Å². The average molecular weight is 353 g/mol. The van der Waals surface area contributed by atoms with E-state index in [0.29, 0.717) is 17.1 Å². The zero-order valence-corrected chi connectivity index (χ0v) is 14.9. The van der Waals surface area contributed by atoms with Crippen LogP contribution in [-0.4, -0.2) is 73.4 Å². The Kier molecular flexibility index (Phi) is 4.30. The molecule has 0 amide bonds. The van der Waals surface area contributed by atoms with Crippen molar-refractivity contribution in [2.24, 2.45) is 0 Å². The fourth-order valence-corrected chi connectivity index (χ4v) is 2.95. The van der Waals surface area contributed by atoms with Crippen molar-refractivity contribution in [1.29, 1.82) is 0 Å². The van der Waals surface area contributed by atoms with Gasteiger partial charge >= 0.3 is 0 Å². The van der Waals surface area contributed by atoms with Gasteiger partial charge < -0.3 is 14.7 Å². The monoisotopic (exact) mass is 353 g/mol. The molecule has 0 atom stereocenters. The molecule has 134 valence electrons. The average Bonchev–Trinajstić information content (AvgIpc) is 3.50. The number of hydrogen-bond donors (Lipinski definition) is 0. The number of Topliss-reactive ketones (excluding diaryl/α,β-unsaturated/α-hetero) is 1. The summed E-state index contributed by atoms with van der Waals surface area (Å²) in [6.07, 6.45) is 1.52. The van der Waals surface area contributed by atoms with Crippen molar-refractivity contribution in [3.05, 3.63) is 53.0 Å². The fourth-order valence-electron chi connectivity index (χ4n) is 2.95. The first-order valence-corrected chi connectivity index (χ1v) is 9.00. The Hall–Kier alpha value is -2.57. The van der Waals surface area contributed by atoms with Crippen molar-refractivity contribution >= 4 is 24.9 Å². The Morgan fingerprint density at radius 3 is 1.88 bits per heavy atom. The number of hydrogen-bond acceptors (Lipinski definition) is 5. The summed E-state index contributed by atoms with van der Waals surface area (Å²) < 4.78 is 11.9. The lowest BCUT2D eigenvalue weighted by molar-refractivity contribution is -0.117. The molecule has 3 saturated heterocycles. The Morgan fingerprint density at radius 2 is 1.38 bits per heavy atom. The third kappa shape index (κ3) is 3.52. The minimum Gasteiger partial charge on any atom is -0.365 e. The van der Waals surface area contributed by atoms with E-state index in [1.54, 1.807) is 12.1 Å². The van der Waals surface area contributed by atoms with E-state index in [0.717, 1.165) is 44.8 Å². The Bertz CT molecular complexity index is 807. The predicted molar refractivity (Wildman–Crippen MR) is 99.3 cm³/mol. The predicted octanol–water partition coefficient (Wildman–Crippen LogP) is -0.405. The van der Waals surface area contributed by atoms with Crippen LogP contribution < -0.4 is 5.46 Å². The van der Waals surface area contributed by atoms with Crippen LogP contribution in [0.1, 0.15) is 5.56 Å². The summed E-state index contributed by atoms with van der Waals surface area (Å²) in [6.45, 7) is 5.05. The molecule has 5 rings (SSSR count). The van der Waals surface area contributed by atoms with E-state index in [2.05, 4.69) is 0 Å². The first-order valence-electron chi connectivity index (χ1n) is 9.00. The van der Waals surface area contributed by atoms with Crippen molar-refractivity contribution in [3.8, 4) is 0 Å². The summed E-state index contributed by atoms with van der Waals surface area (Å²) in [7, 11) is 1.99. The highest BCUT2D eigenvalue weighted by Crippen LogP contribution is 2.33. The molecule has 0 spiro atoms. The van der Waals surface area contributed by atoms with Gasteiger partial charge in [0.1, 0.15) is 25.9 Å². The molecule has 1 aromatic carbocycles. The van der Waals surface area contributed by atoms with Crippen molar-refractivity contribution in [1.82, 2.24) is 14.7 Å². The molecule has 26 heavy (non-hydrogen) atoms. The lowest BCUT2D eigenvalue weighted by atomic mass is 9.96. The zero-order chi connectivity index (χ0) is 18.3. The largest absolute Gasteiger partial charge is 0.365 e. The molecule has 0 aromatic heterocycles. The van der Waals surface area contributed by atoms with Gasteiger partial charge in [-0.05, 0) is 5.56 Å². The molecular formula is C19H21BFN3O2. The van der Waals surface area contributed by atoms with Crippen molar-refractivity contribution in [2.45, 2.75) is 6.67 Å². The maximum atomic E-state index is 12.4. The second kappa shape index (κ2) is 6.63. The van der Waals surface area contributed by atoms with Gasteiger partial charge in [0.25, 0.3) is 0 Å². The number of rotatable bonds is 4. The van der Waals surface area contributed by atoms with Gasteiger partial charge in [-0.25, -0.2) is 4.39 Å². The van der Waals surface area contributed by atoms with Crippen LogP contribution in [0.25, 0.3) is 0 Å². The third-order valence-electron chi connectivity index (χ3n) is 4.76. The minimum absolute atomic E-state index is 0.00546. The van der Waals surface area contributed by atoms with E-state index in [9.17, 15) is 14.0 Å². The number of carbonyl (C=O) groups excluding carboxylic acids is 2. The van der Waals surface area contributed by atoms with E-state index >= 15 is 0 Å². The van der Waals surface area contributed by atoms with E-state index in [4.69, 9.17) is 0 Å². The minimum atomic E-state index is -0.361. The van der Waals surface area contributed by atoms with Crippen LogP contribution in [0.2, 0.25) is 0 Å². The van der Waals surface area contributed by atoms with Crippen molar-refractivity contribution in [3.63, 3.8) is 0 Å². The molecule has 4 aliphatic rings. The third-order valence-corrected chi connectivity index (χ3v) is 4.76. The Morgan fingerprint density at radius 1 is 0.846 bits per heavy atom. The summed E-state index contributed by atoms with van der Waals surface area (Å²) >= 11 is 0. The summed E-state index contributed by atoms with van der Waals surface area (Å²) in [5.74, 6) is 0.0485. The fraction of sp³-hybridized carbons (Fsp3) is 0.368. The second-order valence-corrected chi connectivity index (χ2v) is 7.00. The van der Waals surface area contributed by atoms with E-state index in [1.165, 1.54) is 11.5 Å². The standard InChI is InChI=1S/C12H13N3O2.C7H8BF/c16-9-7-8(13-1-2-13)12(17)11(15-5-6-15)10(9)14-3-4-14;8-7-3-1-6(5-9)2-4-7/h7H,1-6H2;1-4H,5,8H2. The van der Waals surface area contributed by atoms with Gasteiger partial charge in [0.05, 0.1) is 5.70 Å². The zero-order valence-electron chi connectivity index (χ0n) is 14.9. The summed E-state index contributed by atoms with van der Waals surface area (Å²) in [4.78, 5) is 30.5. The molecule has 3 aliphatic heterocycles. The van der Waals surface area contributed by atoms with Crippen molar-refractivity contribution in [2.75, 3.05) is 39.3 Å². The molecule has 5 nitrogen and oxygen atoms in total. The number of carbonyl (C=O) groups is 2.